The number of hydrogen-bond acceptors (Lipinski definition) is 3. The van der Waals surface area contributed by atoms with E-state index in [4.69, 9.17) is 9.47 Å². The molecule has 1 N–H and O–H groups in total. The highest BCUT2D eigenvalue weighted by molar-refractivity contribution is 5.87. The standard InChI is InChI=1S/C19H25NO2/c1-2-11-20-13-18-17-8-4-3-6-15(17)9-10-19(18)22-14-16-7-5-12-21-16/h3-4,6,8-10,16,20H,2,5,7,11-14H2,1H3. The van der Waals surface area contributed by atoms with Crippen molar-refractivity contribution in [2.45, 2.75) is 38.8 Å². The number of benzene rings is 2. The topological polar surface area (TPSA) is 30.5 Å². The van der Waals surface area contributed by atoms with Crippen LogP contribution in [-0.2, 0) is 11.3 Å². The van der Waals surface area contributed by atoms with Crippen molar-refractivity contribution in [1.82, 2.24) is 5.32 Å². The van der Waals surface area contributed by atoms with Crippen LogP contribution in [0.4, 0.5) is 0 Å². The summed E-state index contributed by atoms with van der Waals surface area (Å²) < 4.78 is 11.8. The Hall–Kier alpha value is -1.58. The SMILES string of the molecule is CCCNCc1c(OCC2CCCO2)ccc2ccccc12. The Morgan fingerprint density at radius 3 is 2.95 bits per heavy atom. The fourth-order valence-electron chi connectivity index (χ4n) is 2.98. The highest BCUT2D eigenvalue weighted by atomic mass is 16.5. The van der Waals surface area contributed by atoms with Crippen LogP contribution in [0.1, 0.15) is 31.7 Å². The van der Waals surface area contributed by atoms with Gasteiger partial charge in [-0.3, -0.25) is 0 Å². The Balaban J connectivity index is 1.81. The van der Waals surface area contributed by atoms with Gasteiger partial charge in [-0.25, -0.2) is 0 Å². The van der Waals surface area contributed by atoms with Gasteiger partial charge in [0, 0.05) is 18.7 Å². The molecule has 1 unspecified atom stereocenters. The van der Waals surface area contributed by atoms with Gasteiger partial charge < -0.3 is 14.8 Å². The van der Waals surface area contributed by atoms with Crippen LogP contribution in [0.15, 0.2) is 36.4 Å². The molecule has 1 saturated heterocycles. The minimum atomic E-state index is 0.253. The van der Waals surface area contributed by atoms with Crippen molar-refractivity contribution in [2.24, 2.45) is 0 Å². The summed E-state index contributed by atoms with van der Waals surface area (Å²) in [7, 11) is 0. The summed E-state index contributed by atoms with van der Waals surface area (Å²) in [5.41, 5.74) is 1.25. The Morgan fingerprint density at radius 1 is 1.23 bits per heavy atom. The van der Waals surface area contributed by atoms with Gasteiger partial charge in [0.15, 0.2) is 0 Å². The maximum Gasteiger partial charge on any atom is 0.124 e. The molecule has 1 atom stereocenters. The quantitative estimate of drug-likeness (QED) is 0.787. The molecule has 22 heavy (non-hydrogen) atoms. The van der Waals surface area contributed by atoms with E-state index in [0.717, 1.165) is 44.7 Å². The summed E-state index contributed by atoms with van der Waals surface area (Å²) in [6, 6.07) is 12.7. The zero-order valence-corrected chi connectivity index (χ0v) is 13.3. The van der Waals surface area contributed by atoms with E-state index in [9.17, 15) is 0 Å². The van der Waals surface area contributed by atoms with Gasteiger partial charge >= 0.3 is 0 Å². The molecule has 0 spiro atoms. The second-order valence-corrected chi connectivity index (χ2v) is 5.89. The van der Waals surface area contributed by atoms with E-state index in [1.165, 1.54) is 16.3 Å². The summed E-state index contributed by atoms with van der Waals surface area (Å²) in [6.45, 7) is 5.57. The monoisotopic (exact) mass is 299 g/mol. The first-order valence-corrected chi connectivity index (χ1v) is 8.34. The summed E-state index contributed by atoms with van der Waals surface area (Å²) >= 11 is 0. The van der Waals surface area contributed by atoms with Crippen molar-refractivity contribution in [3.8, 4) is 5.75 Å². The molecule has 1 aliphatic rings. The number of rotatable bonds is 7. The molecule has 0 bridgehead atoms. The highest BCUT2D eigenvalue weighted by Crippen LogP contribution is 2.28. The zero-order valence-electron chi connectivity index (χ0n) is 13.3. The lowest BCUT2D eigenvalue weighted by Gasteiger charge is -2.17. The van der Waals surface area contributed by atoms with Crippen molar-refractivity contribution in [1.29, 1.82) is 0 Å². The number of nitrogens with one attached hydrogen (secondary N) is 1. The molecule has 3 nitrogen and oxygen atoms in total. The van der Waals surface area contributed by atoms with E-state index in [1.807, 2.05) is 0 Å². The molecule has 1 heterocycles. The minimum Gasteiger partial charge on any atom is -0.491 e. The van der Waals surface area contributed by atoms with Crippen LogP contribution in [0, 0.1) is 0 Å². The second kappa shape index (κ2) is 7.61. The summed E-state index contributed by atoms with van der Waals surface area (Å²) in [6.07, 6.45) is 3.65. The third-order valence-electron chi connectivity index (χ3n) is 4.17. The molecular weight excluding hydrogens is 274 g/mol. The van der Waals surface area contributed by atoms with Crippen LogP contribution in [0.5, 0.6) is 5.75 Å². The van der Waals surface area contributed by atoms with Crippen LogP contribution in [0.3, 0.4) is 0 Å². The molecule has 1 fully saturated rings. The van der Waals surface area contributed by atoms with E-state index in [0.29, 0.717) is 6.61 Å². The van der Waals surface area contributed by atoms with Crippen molar-refractivity contribution in [2.75, 3.05) is 19.8 Å². The van der Waals surface area contributed by atoms with Gasteiger partial charge in [-0.15, -0.1) is 0 Å². The summed E-state index contributed by atoms with van der Waals surface area (Å²) in [5.74, 6) is 0.984. The fraction of sp³-hybridized carbons (Fsp3) is 0.474. The molecule has 118 valence electrons. The van der Waals surface area contributed by atoms with E-state index in [2.05, 4.69) is 48.6 Å². The summed E-state index contributed by atoms with van der Waals surface area (Å²) in [5, 5.41) is 6.04. The smallest absolute Gasteiger partial charge is 0.124 e. The first kappa shape index (κ1) is 15.3. The molecule has 3 heteroatoms. The lowest BCUT2D eigenvalue weighted by atomic mass is 10.0. The van der Waals surface area contributed by atoms with Crippen LogP contribution in [-0.4, -0.2) is 25.9 Å². The van der Waals surface area contributed by atoms with E-state index < -0.39 is 0 Å². The Bertz CT molecular complexity index is 605. The highest BCUT2D eigenvalue weighted by Gasteiger charge is 2.17. The Kier molecular flexibility index (Phi) is 5.30. The van der Waals surface area contributed by atoms with E-state index in [-0.39, 0.29) is 6.10 Å². The van der Waals surface area contributed by atoms with Crippen LogP contribution < -0.4 is 10.1 Å². The molecule has 0 amide bonds. The first-order chi connectivity index (χ1) is 10.9. The van der Waals surface area contributed by atoms with Crippen molar-refractivity contribution >= 4 is 10.8 Å². The average molecular weight is 299 g/mol. The lowest BCUT2D eigenvalue weighted by Crippen LogP contribution is -2.19. The van der Waals surface area contributed by atoms with Crippen LogP contribution in [0.25, 0.3) is 10.8 Å². The summed E-state index contributed by atoms with van der Waals surface area (Å²) in [4.78, 5) is 0. The van der Waals surface area contributed by atoms with Crippen molar-refractivity contribution in [3.63, 3.8) is 0 Å². The van der Waals surface area contributed by atoms with Gasteiger partial charge in [0.25, 0.3) is 0 Å². The van der Waals surface area contributed by atoms with Crippen LogP contribution in [0.2, 0.25) is 0 Å². The third-order valence-corrected chi connectivity index (χ3v) is 4.17. The van der Waals surface area contributed by atoms with Gasteiger partial charge in [-0.05, 0) is 42.6 Å². The minimum absolute atomic E-state index is 0.253. The van der Waals surface area contributed by atoms with Crippen molar-refractivity contribution in [3.05, 3.63) is 42.0 Å². The molecule has 2 aromatic carbocycles. The first-order valence-electron chi connectivity index (χ1n) is 8.34. The maximum atomic E-state index is 6.09. The number of fused-ring (bicyclic) bond motifs is 1. The molecule has 1 aliphatic heterocycles. The van der Waals surface area contributed by atoms with Gasteiger partial charge in [-0.1, -0.05) is 37.3 Å². The van der Waals surface area contributed by atoms with E-state index in [1.54, 1.807) is 0 Å². The normalized spacial score (nSPS) is 18.0. The third kappa shape index (κ3) is 3.60. The number of hydrogen-bond donors (Lipinski definition) is 1. The second-order valence-electron chi connectivity index (χ2n) is 5.89. The molecule has 0 radical (unpaired) electrons. The van der Waals surface area contributed by atoms with Gasteiger partial charge in [-0.2, -0.15) is 0 Å². The molecule has 0 saturated carbocycles. The van der Waals surface area contributed by atoms with Gasteiger partial charge in [0.1, 0.15) is 12.4 Å². The van der Waals surface area contributed by atoms with Gasteiger partial charge in [0.05, 0.1) is 6.10 Å². The zero-order chi connectivity index (χ0) is 15.2. The fourth-order valence-corrected chi connectivity index (χ4v) is 2.98. The molecule has 3 rings (SSSR count). The predicted octanol–water partition coefficient (Wildman–Crippen LogP) is 3.90. The van der Waals surface area contributed by atoms with Gasteiger partial charge in [0.2, 0.25) is 0 Å². The lowest BCUT2D eigenvalue weighted by molar-refractivity contribution is 0.0676. The average Bonchev–Trinajstić information content (AvgIpc) is 3.07. The maximum absolute atomic E-state index is 6.09. The Morgan fingerprint density at radius 2 is 2.14 bits per heavy atom. The Labute approximate surface area is 132 Å². The molecule has 0 aromatic heterocycles. The molecule has 2 aromatic rings. The van der Waals surface area contributed by atoms with E-state index >= 15 is 0 Å². The number of ether oxygens (including phenoxy) is 2. The predicted molar refractivity (Wildman–Crippen MR) is 90.4 cm³/mol. The largest absolute Gasteiger partial charge is 0.491 e. The molecular formula is C19H25NO2. The van der Waals surface area contributed by atoms with Crippen molar-refractivity contribution < 1.29 is 9.47 Å². The molecule has 0 aliphatic carbocycles. The van der Waals surface area contributed by atoms with Crippen LogP contribution >= 0.6 is 0 Å².